The van der Waals surface area contributed by atoms with Gasteiger partial charge in [0.25, 0.3) is 0 Å². The molecule has 14 heteroatoms. The number of likely N-dealkylation sites (N-methyl/N-ethyl adjacent to an activating group) is 1. The van der Waals surface area contributed by atoms with Crippen molar-refractivity contribution in [1.82, 2.24) is 25.5 Å². The van der Waals surface area contributed by atoms with E-state index in [1.54, 1.807) is 30.1 Å². The van der Waals surface area contributed by atoms with Crippen LogP contribution in [0.2, 0.25) is 0 Å². The monoisotopic (exact) mass is 597 g/mol. The summed E-state index contributed by atoms with van der Waals surface area (Å²) in [7, 11) is 2.08. The molecule has 11 nitrogen and oxygen atoms in total. The van der Waals surface area contributed by atoms with Gasteiger partial charge in [-0.2, -0.15) is 17.0 Å². The van der Waals surface area contributed by atoms with E-state index in [1.165, 1.54) is 23.5 Å². The van der Waals surface area contributed by atoms with Gasteiger partial charge in [-0.05, 0) is 49.8 Å². The number of thiazole rings is 1. The maximum Gasteiger partial charge on any atom is 0.204 e. The zero-order valence-corrected chi connectivity index (χ0v) is 24.6. The molecule has 2 heterocycles. The van der Waals surface area contributed by atoms with Gasteiger partial charge in [-0.25, -0.2) is 14.4 Å². The molecule has 0 amide bonds. The summed E-state index contributed by atoms with van der Waals surface area (Å²) < 4.78 is 13.3. The molecule has 218 valence electrons. The number of nitrogens with one attached hydrogen (secondary N) is 4. The van der Waals surface area contributed by atoms with Gasteiger partial charge >= 0.3 is 0 Å². The van der Waals surface area contributed by atoms with Gasteiger partial charge < -0.3 is 26.2 Å². The summed E-state index contributed by atoms with van der Waals surface area (Å²) in [5.41, 5.74) is 7.27. The molecular formula is C27H36FN11S2. The number of guanidine groups is 2. The first-order valence-electron chi connectivity index (χ1n) is 13.1. The number of nitriles is 1. The van der Waals surface area contributed by atoms with Gasteiger partial charge in [0.15, 0.2) is 17.3 Å². The van der Waals surface area contributed by atoms with E-state index in [2.05, 4.69) is 47.8 Å². The minimum atomic E-state index is -0.241. The molecule has 41 heavy (non-hydrogen) atoms. The van der Waals surface area contributed by atoms with E-state index in [-0.39, 0.29) is 11.8 Å². The third-order valence-electron chi connectivity index (χ3n) is 5.74. The summed E-state index contributed by atoms with van der Waals surface area (Å²) in [6, 6.07) is 12.4. The number of benzene rings is 1. The molecule has 3 aromatic rings. The first kappa shape index (κ1) is 31.6. The van der Waals surface area contributed by atoms with Crippen molar-refractivity contribution in [3.8, 4) is 6.19 Å². The van der Waals surface area contributed by atoms with Crippen LogP contribution in [0.1, 0.15) is 17.7 Å². The number of hydrogen-bond donors (Lipinski definition) is 5. The van der Waals surface area contributed by atoms with Gasteiger partial charge in [0.1, 0.15) is 11.6 Å². The summed E-state index contributed by atoms with van der Waals surface area (Å²) in [5, 5.41) is 27.4. The first-order valence-corrected chi connectivity index (χ1v) is 15.1. The van der Waals surface area contributed by atoms with Gasteiger partial charge in [-0.15, -0.1) is 11.3 Å². The van der Waals surface area contributed by atoms with Crippen molar-refractivity contribution >= 4 is 46.0 Å². The van der Waals surface area contributed by atoms with Gasteiger partial charge in [-0.3, -0.25) is 15.7 Å². The summed E-state index contributed by atoms with van der Waals surface area (Å²) in [6.07, 6.45) is 4.59. The van der Waals surface area contributed by atoms with Crippen molar-refractivity contribution in [2.45, 2.75) is 18.7 Å². The molecule has 0 unspecified atom stereocenters. The standard InChI is InChI=1S/C27H36FN11S2/c1-38(14-15-39(24-5-2-3-10-32-24)17-21-6-8-22(28)9-7-21)13-4-11-33-26(35-20-29)34-12-16-40-18-23-19-41-27(36-23)37-25(30)31/h2-3,5-10,19H,4,11-18H2,1H3,(H2,33,34,35)(H4,30,31,36,37). The maximum absolute atomic E-state index is 13.3. The fraction of sp³-hybridized carbons (Fsp3) is 0.370. The van der Waals surface area contributed by atoms with Gasteiger partial charge in [0, 0.05) is 49.3 Å². The van der Waals surface area contributed by atoms with Crippen LogP contribution in [0.4, 0.5) is 15.3 Å². The average molecular weight is 598 g/mol. The summed E-state index contributed by atoms with van der Waals surface area (Å²) in [4.78, 5) is 17.8. The van der Waals surface area contributed by atoms with Crippen LogP contribution in [0, 0.1) is 22.7 Å². The molecule has 1 aromatic carbocycles. The Bertz CT molecular complexity index is 1260. The van der Waals surface area contributed by atoms with E-state index >= 15 is 0 Å². The lowest BCUT2D eigenvalue weighted by molar-refractivity contribution is 0.334. The molecule has 0 saturated carbocycles. The Kier molecular flexibility index (Phi) is 13.6. The van der Waals surface area contributed by atoms with E-state index in [9.17, 15) is 4.39 Å². The number of nitrogens with zero attached hydrogens (tertiary/aromatic N) is 6. The fourth-order valence-corrected chi connectivity index (χ4v) is 5.27. The fourth-order valence-electron chi connectivity index (χ4n) is 3.72. The van der Waals surface area contributed by atoms with Crippen LogP contribution >= 0.6 is 23.1 Å². The number of aliphatic imine (C=N–C) groups is 1. The van der Waals surface area contributed by atoms with Crippen molar-refractivity contribution < 1.29 is 4.39 Å². The van der Waals surface area contributed by atoms with Crippen LogP contribution in [0.15, 0.2) is 59.0 Å². The second-order valence-corrected chi connectivity index (χ2v) is 11.0. The minimum absolute atomic E-state index is 0.129. The van der Waals surface area contributed by atoms with Gasteiger partial charge in [0.2, 0.25) is 5.96 Å². The number of thioether (sulfide) groups is 1. The molecule has 0 aliphatic heterocycles. The zero-order chi connectivity index (χ0) is 29.3. The van der Waals surface area contributed by atoms with Gasteiger partial charge in [0.05, 0.1) is 12.2 Å². The SMILES string of the molecule is CN(CCCN/C(=N/CCSCc1csc(NC(=N)N)n1)NC#N)CCN(Cc1ccc(F)cc1)c1ccccn1. The molecule has 0 spiro atoms. The normalized spacial score (nSPS) is 11.2. The van der Waals surface area contributed by atoms with Crippen molar-refractivity contribution in [3.05, 3.63) is 71.1 Å². The highest BCUT2D eigenvalue weighted by Gasteiger charge is 2.10. The van der Waals surface area contributed by atoms with Crippen molar-refractivity contribution in [2.24, 2.45) is 10.7 Å². The van der Waals surface area contributed by atoms with E-state index in [4.69, 9.17) is 16.4 Å². The molecule has 6 N–H and O–H groups in total. The molecule has 0 fully saturated rings. The molecule has 3 rings (SSSR count). The van der Waals surface area contributed by atoms with Crippen molar-refractivity contribution in [2.75, 3.05) is 55.7 Å². The Morgan fingerprint density at radius 2 is 2.05 bits per heavy atom. The number of halogens is 1. The Hall–Kier alpha value is -3.93. The van der Waals surface area contributed by atoms with Crippen LogP contribution in [0.3, 0.4) is 0 Å². The zero-order valence-electron chi connectivity index (χ0n) is 23.0. The summed E-state index contributed by atoms with van der Waals surface area (Å²) in [5.74, 6) is 2.49. The van der Waals surface area contributed by atoms with Gasteiger partial charge in [-0.1, -0.05) is 18.2 Å². The number of rotatable bonds is 16. The third kappa shape index (κ3) is 12.4. The highest BCUT2D eigenvalue weighted by atomic mass is 32.2. The lowest BCUT2D eigenvalue weighted by Gasteiger charge is -2.27. The molecular weight excluding hydrogens is 562 g/mol. The molecule has 0 aliphatic rings. The Balaban J connectivity index is 1.36. The van der Waals surface area contributed by atoms with Crippen LogP contribution < -0.4 is 26.6 Å². The van der Waals surface area contributed by atoms with Crippen LogP contribution in [-0.4, -0.2) is 72.3 Å². The number of hydrogen-bond acceptors (Lipinski definition) is 9. The van der Waals surface area contributed by atoms with Crippen molar-refractivity contribution in [3.63, 3.8) is 0 Å². The molecule has 0 atom stereocenters. The predicted molar refractivity (Wildman–Crippen MR) is 167 cm³/mol. The summed E-state index contributed by atoms with van der Waals surface area (Å²) >= 11 is 3.10. The Morgan fingerprint density at radius 3 is 2.78 bits per heavy atom. The second kappa shape index (κ2) is 17.7. The Morgan fingerprint density at radius 1 is 1.22 bits per heavy atom. The summed E-state index contributed by atoms with van der Waals surface area (Å²) in [6.45, 7) is 4.35. The molecule has 0 aliphatic carbocycles. The highest BCUT2D eigenvalue weighted by molar-refractivity contribution is 7.98. The maximum atomic E-state index is 13.3. The lowest BCUT2D eigenvalue weighted by atomic mass is 10.2. The Labute approximate surface area is 248 Å². The molecule has 2 aromatic heterocycles. The largest absolute Gasteiger partial charge is 0.370 e. The van der Waals surface area contributed by atoms with Crippen molar-refractivity contribution in [1.29, 1.82) is 10.7 Å². The van der Waals surface area contributed by atoms with E-state index in [1.807, 2.05) is 29.8 Å². The molecule has 0 saturated heterocycles. The second-order valence-electron chi connectivity index (χ2n) is 9.02. The van der Waals surface area contributed by atoms with E-state index in [0.29, 0.717) is 30.7 Å². The third-order valence-corrected chi connectivity index (χ3v) is 7.52. The quantitative estimate of drug-likeness (QED) is 0.0546. The first-order chi connectivity index (χ1) is 19.9. The van der Waals surface area contributed by atoms with Crippen LogP contribution in [0.5, 0.6) is 0 Å². The minimum Gasteiger partial charge on any atom is -0.370 e. The lowest BCUT2D eigenvalue weighted by Crippen LogP contribution is -2.37. The smallest absolute Gasteiger partial charge is 0.204 e. The van der Waals surface area contributed by atoms with E-state index < -0.39 is 0 Å². The number of nitrogens with two attached hydrogens (primary N) is 1. The van der Waals surface area contributed by atoms with E-state index in [0.717, 1.165) is 54.6 Å². The van der Waals surface area contributed by atoms with Crippen LogP contribution in [0.25, 0.3) is 0 Å². The number of pyridine rings is 1. The molecule has 0 bridgehead atoms. The van der Waals surface area contributed by atoms with Crippen LogP contribution in [-0.2, 0) is 12.3 Å². The predicted octanol–water partition coefficient (Wildman–Crippen LogP) is 3.26. The highest BCUT2D eigenvalue weighted by Crippen LogP contribution is 2.19. The average Bonchev–Trinajstić information content (AvgIpc) is 3.40. The topological polar surface area (TPSA) is 154 Å². The molecule has 0 radical (unpaired) electrons. The number of anilines is 2. The number of aromatic nitrogens is 2.